The van der Waals surface area contributed by atoms with E-state index in [0.29, 0.717) is 12.1 Å². The Kier molecular flexibility index (Phi) is 9.46. The van der Waals surface area contributed by atoms with E-state index < -0.39 is 0 Å². The third-order valence-corrected chi connectivity index (χ3v) is 5.06. The quantitative estimate of drug-likeness (QED) is 0.394. The lowest BCUT2D eigenvalue weighted by atomic mass is 10.0. The minimum atomic E-state index is 0.530. The molecule has 2 N–H and O–H groups in total. The Balaban J connectivity index is 1.65. The highest BCUT2D eigenvalue weighted by Crippen LogP contribution is 2.13. The van der Waals surface area contributed by atoms with Gasteiger partial charge in [0, 0.05) is 38.3 Å². The fourth-order valence-corrected chi connectivity index (χ4v) is 3.30. The van der Waals surface area contributed by atoms with Crippen LogP contribution in [0.25, 0.3) is 0 Å². The summed E-state index contributed by atoms with van der Waals surface area (Å²) in [6.45, 7) is 13.6. The van der Waals surface area contributed by atoms with Gasteiger partial charge in [0.25, 0.3) is 0 Å². The van der Waals surface area contributed by atoms with Gasteiger partial charge in [0.15, 0.2) is 5.96 Å². The molecule has 1 aromatic rings. The van der Waals surface area contributed by atoms with E-state index >= 15 is 0 Å². The molecule has 0 bridgehead atoms. The number of likely N-dealkylation sites (tertiary alicyclic amines) is 1. The Labute approximate surface area is 165 Å². The summed E-state index contributed by atoms with van der Waals surface area (Å²) in [6.07, 6.45) is 4.43. The van der Waals surface area contributed by atoms with Crippen LogP contribution in [0.4, 0.5) is 0 Å². The van der Waals surface area contributed by atoms with E-state index in [1.807, 2.05) is 12.1 Å². The summed E-state index contributed by atoms with van der Waals surface area (Å²) < 4.78 is 5.78. The van der Waals surface area contributed by atoms with Crippen molar-refractivity contribution in [2.45, 2.75) is 65.5 Å². The topological polar surface area (TPSA) is 48.9 Å². The maximum absolute atomic E-state index is 5.78. The highest BCUT2D eigenvalue weighted by molar-refractivity contribution is 5.80. The van der Waals surface area contributed by atoms with Crippen LogP contribution in [0.1, 0.15) is 52.0 Å². The Bertz CT molecular complexity index is 548. The number of aliphatic imine (C=N–C) groups is 1. The van der Waals surface area contributed by atoms with E-state index in [1.165, 1.54) is 31.5 Å². The van der Waals surface area contributed by atoms with Crippen LogP contribution >= 0.6 is 0 Å². The molecule has 0 aliphatic carbocycles. The smallest absolute Gasteiger partial charge is 0.191 e. The van der Waals surface area contributed by atoms with Crippen molar-refractivity contribution >= 4 is 5.96 Å². The summed E-state index contributed by atoms with van der Waals surface area (Å²) in [6, 6.07) is 9.41. The molecule has 1 fully saturated rings. The van der Waals surface area contributed by atoms with Crippen molar-refractivity contribution in [3.63, 3.8) is 0 Å². The molecule has 2 rings (SSSR count). The molecule has 5 heteroatoms. The van der Waals surface area contributed by atoms with Crippen LogP contribution < -0.4 is 15.4 Å². The molecule has 0 unspecified atom stereocenters. The third-order valence-electron chi connectivity index (χ3n) is 5.06. The Hall–Kier alpha value is -1.75. The van der Waals surface area contributed by atoms with Gasteiger partial charge in [-0.1, -0.05) is 17.7 Å². The maximum atomic E-state index is 5.78. The Morgan fingerprint density at radius 1 is 1.19 bits per heavy atom. The molecule has 27 heavy (non-hydrogen) atoms. The van der Waals surface area contributed by atoms with E-state index in [1.54, 1.807) is 0 Å². The first kappa shape index (κ1) is 21.5. The van der Waals surface area contributed by atoms with Gasteiger partial charge in [0.05, 0.1) is 6.61 Å². The fraction of sp³-hybridized carbons (Fsp3) is 0.682. The van der Waals surface area contributed by atoms with Gasteiger partial charge in [0.1, 0.15) is 5.75 Å². The summed E-state index contributed by atoms with van der Waals surface area (Å²) in [5.74, 6) is 1.91. The van der Waals surface area contributed by atoms with Crippen LogP contribution in [0.5, 0.6) is 5.75 Å². The first-order valence-electron chi connectivity index (χ1n) is 10.6. The summed E-state index contributed by atoms with van der Waals surface area (Å²) in [5.41, 5.74) is 1.26. The molecule has 1 saturated heterocycles. The normalized spacial score (nSPS) is 16.6. The molecule has 1 heterocycles. The molecule has 0 aromatic heterocycles. The van der Waals surface area contributed by atoms with E-state index in [4.69, 9.17) is 9.73 Å². The summed E-state index contributed by atoms with van der Waals surface area (Å²) in [5, 5.41) is 7.00. The van der Waals surface area contributed by atoms with E-state index in [-0.39, 0.29) is 0 Å². The molecule has 1 aliphatic rings. The van der Waals surface area contributed by atoms with Crippen molar-refractivity contribution in [2.24, 2.45) is 4.99 Å². The molecule has 1 aliphatic heterocycles. The second kappa shape index (κ2) is 11.9. The fourth-order valence-electron chi connectivity index (χ4n) is 3.30. The summed E-state index contributed by atoms with van der Waals surface area (Å²) >= 11 is 0. The predicted molar refractivity (Wildman–Crippen MR) is 115 cm³/mol. The van der Waals surface area contributed by atoms with E-state index in [2.05, 4.69) is 55.4 Å². The molecule has 152 valence electrons. The van der Waals surface area contributed by atoms with Gasteiger partial charge in [-0.25, -0.2) is 0 Å². The number of ether oxygens (including phenoxy) is 1. The predicted octanol–water partition coefficient (Wildman–Crippen LogP) is 3.58. The van der Waals surface area contributed by atoms with Gasteiger partial charge in [-0.2, -0.15) is 0 Å². The summed E-state index contributed by atoms with van der Waals surface area (Å²) in [7, 11) is 0. The number of benzene rings is 1. The molecule has 0 amide bonds. The van der Waals surface area contributed by atoms with Gasteiger partial charge in [-0.05, 0) is 65.5 Å². The average molecular weight is 375 g/mol. The van der Waals surface area contributed by atoms with Crippen molar-refractivity contribution in [3.8, 4) is 5.75 Å². The van der Waals surface area contributed by atoms with Crippen molar-refractivity contribution in [2.75, 3.05) is 32.8 Å². The van der Waals surface area contributed by atoms with Crippen molar-refractivity contribution in [3.05, 3.63) is 29.8 Å². The van der Waals surface area contributed by atoms with Crippen LogP contribution in [0.3, 0.4) is 0 Å². The molecule has 0 spiro atoms. The standard InChI is InChI=1S/C22H38N4O/c1-5-23-22(25-20-12-15-26(16-13-20)18(2)3)24-14-6-7-17-27-21-10-8-19(4)9-11-21/h8-11,18,20H,5-7,12-17H2,1-4H3,(H2,23,24,25). The lowest BCUT2D eigenvalue weighted by Gasteiger charge is -2.35. The molecular weight excluding hydrogens is 336 g/mol. The zero-order valence-electron chi connectivity index (χ0n) is 17.6. The van der Waals surface area contributed by atoms with Gasteiger partial charge < -0.3 is 20.3 Å². The number of aryl methyl sites for hydroxylation is 1. The molecule has 0 saturated carbocycles. The minimum Gasteiger partial charge on any atom is -0.494 e. The second-order valence-electron chi connectivity index (χ2n) is 7.68. The van der Waals surface area contributed by atoms with Crippen LogP contribution in [0.15, 0.2) is 29.3 Å². The molecule has 5 nitrogen and oxygen atoms in total. The molecule has 1 aromatic carbocycles. The zero-order chi connectivity index (χ0) is 19.5. The summed E-state index contributed by atoms with van der Waals surface area (Å²) in [4.78, 5) is 7.29. The van der Waals surface area contributed by atoms with Crippen LogP contribution in [0.2, 0.25) is 0 Å². The number of nitrogens with zero attached hydrogens (tertiary/aromatic N) is 2. The SMILES string of the molecule is CCNC(=NCCCCOc1ccc(C)cc1)NC1CCN(C(C)C)CC1. The molecular formula is C22H38N4O. The Morgan fingerprint density at radius 3 is 2.52 bits per heavy atom. The number of nitrogens with one attached hydrogen (secondary N) is 2. The first-order chi connectivity index (χ1) is 13.1. The monoisotopic (exact) mass is 374 g/mol. The maximum Gasteiger partial charge on any atom is 0.191 e. The third kappa shape index (κ3) is 8.21. The van der Waals surface area contributed by atoms with E-state index in [0.717, 1.165) is 44.2 Å². The molecule has 0 atom stereocenters. The number of hydrogen-bond acceptors (Lipinski definition) is 3. The van der Waals surface area contributed by atoms with E-state index in [9.17, 15) is 0 Å². The number of piperidine rings is 1. The van der Waals surface area contributed by atoms with Crippen LogP contribution in [-0.4, -0.2) is 55.7 Å². The zero-order valence-corrected chi connectivity index (χ0v) is 17.6. The average Bonchev–Trinajstić information content (AvgIpc) is 2.66. The van der Waals surface area contributed by atoms with Gasteiger partial charge in [-0.15, -0.1) is 0 Å². The van der Waals surface area contributed by atoms with Crippen molar-refractivity contribution in [1.82, 2.24) is 15.5 Å². The van der Waals surface area contributed by atoms with Crippen LogP contribution in [0, 0.1) is 6.92 Å². The first-order valence-corrected chi connectivity index (χ1v) is 10.6. The van der Waals surface area contributed by atoms with Gasteiger partial charge in [0.2, 0.25) is 0 Å². The number of hydrogen-bond donors (Lipinski definition) is 2. The van der Waals surface area contributed by atoms with Gasteiger partial charge >= 0.3 is 0 Å². The van der Waals surface area contributed by atoms with Crippen LogP contribution in [-0.2, 0) is 0 Å². The largest absolute Gasteiger partial charge is 0.494 e. The molecule has 0 radical (unpaired) electrons. The highest BCUT2D eigenvalue weighted by atomic mass is 16.5. The number of guanidine groups is 1. The van der Waals surface area contributed by atoms with Gasteiger partial charge in [-0.3, -0.25) is 4.99 Å². The number of rotatable bonds is 9. The highest BCUT2D eigenvalue weighted by Gasteiger charge is 2.21. The lowest BCUT2D eigenvalue weighted by molar-refractivity contribution is 0.167. The Morgan fingerprint density at radius 2 is 1.89 bits per heavy atom. The lowest BCUT2D eigenvalue weighted by Crippen LogP contribution is -2.49. The number of unbranched alkanes of at least 4 members (excludes halogenated alkanes) is 1. The van der Waals surface area contributed by atoms with Crippen molar-refractivity contribution in [1.29, 1.82) is 0 Å². The van der Waals surface area contributed by atoms with Crippen molar-refractivity contribution < 1.29 is 4.74 Å². The minimum absolute atomic E-state index is 0.530. The second-order valence-corrected chi connectivity index (χ2v) is 7.68.